The molecule has 0 aliphatic carbocycles. The van der Waals surface area contributed by atoms with Gasteiger partial charge >= 0.3 is 0 Å². The second-order valence-corrected chi connectivity index (χ2v) is 9.65. The van der Waals surface area contributed by atoms with E-state index < -0.39 is 0 Å². The van der Waals surface area contributed by atoms with Gasteiger partial charge in [-0.05, 0) is 61.6 Å². The number of hydrogen-bond donors (Lipinski definition) is 2. The van der Waals surface area contributed by atoms with Crippen LogP contribution >= 0.6 is 0 Å². The molecule has 4 aromatic rings. The van der Waals surface area contributed by atoms with E-state index in [0.717, 1.165) is 82.2 Å². The van der Waals surface area contributed by atoms with Gasteiger partial charge in [-0.15, -0.1) is 0 Å². The first kappa shape index (κ1) is 25.0. The number of alkyl halides is 1. The average molecular weight is 504 g/mol. The molecule has 0 amide bonds. The molecule has 7 nitrogen and oxygen atoms in total. The lowest BCUT2D eigenvalue weighted by atomic mass is 9.97. The van der Waals surface area contributed by atoms with E-state index in [4.69, 9.17) is 14.5 Å². The van der Waals surface area contributed by atoms with Gasteiger partial charge in [-0.25, -0.2) is 9.37 Å². The Balaban J connectivity index is 1.64. The van der Waals surface area contributed by atoms with Gasteiger partial charge in [-0.2, -0.15) is 0 Å². The SMILES string of the molecule is COc1cc(OC)cc(-c2cncc(-c3nc4cc(C)cc(C)c4[nH]3)c2N2CCC(NCCF)CC2)c1. The van der Waals surface area contributed by atoms with Crippen molar-refractivity contribution in [2.24, 2.45) is 0 Å². The van der Waals surface area contributed by atoms with Crippen LogP contribution < -0.4 is 19.7 Å². The van der Waals surface area contributed by atoms with Crippen molar-refractivity contribution in [1.82, 2.24) is 20.3 Å². The first-order valence-electron chi connectivity index (χ1n) is 12.7. The fourth-order valence-corrected chi connectivity index (χ4v) is 5.30. The number of fused-ring (bicyclic) bond motifs is 1. The Kier molecular flexibility index (Phi) is 7.28. The van der Waals surface area contributed by atoms with Gasteiger partial charge in [0.2, 0.25) is 0 Å². The quantitative estimate of drug-likeness (QED) is 0.333. The van der Waals surface area contributed by atoms with Crippen molar-refractivity contribution in [2.75, 3.05) is 45.4 Å². The first-order chi connectivity index (χ1) is 18.0. The summed E-state index contributed by atoms with van der Waals surface area (Å²) in [5.74, 6) is 2.23. The zero-order valence-corrected chi connectivity index (χ0v) is 21.9. The number of piperidine rings is 1. The third-order valence-corrected chi connectivity index (χ3v) is 7.11. The number of pyridine rings is 1. The fourth-order valence-electron chi connectivity index (χ4n) is 5.30. The maximum absolute atomic E-state index is 12.7. The van der Waals surface area contributed by atoms with Crippen LogP contribution in [0.25, 0.3) is 33.5 Å². The Morgan fingerprint density at radius 1 is 1.00 bits per heavy atom. The first-order valence-corrected chi connectivity index (χ1v) is 12.7. The number of H-pyrrole nitrogens is 1. The van der Waals surface area contributed by atoms with Crippen molar-refractivity contribution in [3.63, 3.8) is 0 Å². The highest BCUT2D eigenvalue weighted by atomic mass is 19.1. The van der Waals surface area contributed by atoms with E-state index in [1.54, 1.807) is 14.2 Å². The summed E-state index contributed by atoms with van der Waals surface area (Å²) in [7, 11) is 3.31. The summed E-state index contributed by atoms with van der Waals surface area (Å²) in [6.45, 7) is 5.93. The predicted molar refractivity (Wildman–Crippen MR) is 147 cm³/mol. The van der Waals surface area contributed by atoms with Crippen LogP contribution in [0.4, 0.5) is 10.1 Å². The van der Waals surface area contributed by atoms with Crippen LogP contribution in [-0.4, -0.2) is 61.5 Å². The summed E-state index contributed by atoms with van der Waals surface area (Å²) in [6, 6.07) is 10.5. The molecule has 0 unspecified atom stereocenters. The summed E-state index contributed by atoms with van der Waals surface area (Å²) >= 11 is 0. The molecule has 8 heteroatoms. The summed E-state index contributed by atoms with van der Waals surface area (Å²) in [5, 5.41) is 3.33. The Morgan fingerprint density at radius 3 is 2.38 bits per heavy atom. The molecule has 0 spiro atoms. The molecule has 0 radical (unpaired) electrons. The van der Waals surface area contributed by atoms with Crippen LogP contribution in [0.1, 0.15) is 24.0 Å². The molecule has 1 aliphatic heterocycles. The van der Waals surface area contributed by atoms with Gasteiger partial charge < -0.3 is 24.7 Å². The summed E-state index contributed by atoms with van der Waals surface area (Å²) in [4.78, 5) is 15.6. The average Bonchev–Trinajstić information content (AvgIpc) is 3.36. The Labute approximate surface area is 217 Å². The summed E-state index contributed by atoms with van der Waals surface area (Å²) in [5.41, 5.74) is 8.29. The molecule has 2 aromatic carbocycles. The zero-order valence-electron chi connectivity index (χ0n) is 21.9. The van der Waals surface area contributed by atoms with Gasteiger partial charge in [0, 0.05) is 49.7 Å². The third-order valence-electron chi connectivity index (χ3n) is 7.11. The van der Waals surface area contributed by atoms with Crippen LogP contribution in [0.2, 0.25) is 0 Å². The lowest BCUT2D eigenvalue weighted by molar-refractivity contribution is 0.382. The molecule has 194 valence electrons. The highest BCUT2D eigenvalue weighted by Crippen LogP contribution is 2.42. The van der Waals surface area contributed by atoms with E-state index in [0.29, 0.717) is 12.6 Å². The van der Waals surface area contributed by atoms with Crippen molar-refractivity contribution in [3.8, 4) is 34.0 Å². The van der Waals surface area contributed by atoms with Gasteiger partial charge in [0.25, 0.3) is 0 Å². The van der Waals surface area contributed by atoms with Crippen LogP contribution in [-0.2, 0) is 0 Å². The zero-order chi connectivity index (χ0) is 25.9. The maximum Gasteiger partial charge on any atom is 0.142 e. The van der Waals surface area contributed by atoms with E-state index in [1.165, 1.54) is 5.56 Å². The fraction of sp³-hybridized carbons (Fsp3) is 0.379. The van der Waals surface area contributed by atoms with Gasteiger partial charge in [0.1, 0.15) is 24.0 Å². The number of halogens is 1. The second-order valence-electron chi connectivity index (χ2n) is 9.65. The second kappa shape index (κ2) is 10.8. The standard InChI is InChI=1S/C29H34FN5O2/c1-18-11-19(2)27-26(12-18)33-29(34-27)25-17-31-16-24(20-13-22(36-3)15-23(14-20)37-4)28(25)35-9-5-21(6-10-35)32-8-7-30/h11-17,21,32H,5-10H2,1-4H3,(H,33,34). The molecule has 3 heterocycles. The minimum Gasteiger partial charge on any atom is -0.497 e. The molecule has 2 aromatic heterocycles. The third kappa shape index (κ3) is 5.11. The van der Waals surface area contributed by atoms with Gasteiger partial charge in [0.15, 0.2) is 0 Å². The molecule has 37 heavy (non-hydrogen) atoms. The number of benzene rings is 2. The maximum atomic E-state index is 12.7. The molecule has 0 saturated carbocycles. The smallest absolute Gasteiger partial charge is 0.142 e. The number of nitrogens with one attached hydrogen (secondary N) is 2. The molecular formula is C29H34FN5O2. The highest BCUT2D eigenvalue weighted by Gasteiger charge is 2.26. The molecule has 2 N–H and O–H groups in total. The van der Waals surface area contributed by atoms with Crippen molar-refractivity contribution < 1.29 is 13.9 Å². The Hall–Kier alpha value is -3.65. The van der Waals surface area contributed by atoms with E-state index in [9.17, 15) is 4.39 Å². The van der Waals surface area contributed by atoms with E-state index in [1.807, 2.05) is 30.6 Å². The number of ether oxygens (including phenoxy) is 2. The minimum absolute atomic E-state index is 0.314. The van der Waals surface area contributed by atoms with E-state index >= 15 is 0 Å². The number of aryl methyl sites for hydroxylation is 2. The molecule has 1 fully saturated rings. The molecule has 0 bridgehead atoms. The van der Waals surface area contributed by atoms with Crippen molar-refractivity contribution in [2.45, 2.75) is 32.7 Å². The Morgan fingerprint density at radius 2 is 1.70 bits per heavy atom. The highest BCUT2D eigenvalue weighted by molar-refractivity contribution is 5.92. The van der Waals surface area contributed by atoms with Gasteiger partial charge in [-0.3, -0.25) is 4.98 Å². The molecule has 1 aliphatic rings. The van der Waals surface area contributed by atoms with Crippen molar-refractivity contribution >= 4 is 16.7 Å². The number of hydrogen-bond acceptors (Lipinski definition) is 6. The van der Waals surface area contributed by atoms with Crippen molar-refractivity contribution in [3.05, 3.63) is 53.9 Å². The number of aromatic nitrogens is 3. The van der Waals surface area contributed by atoms with Crippen LogP contribution in [0.5, 0.6) is 11.5 Å². The normalized spacial score (nSPS) is 14.4. The number of imidazole rings is 1. The lowest BCUT2D eigenvalue weighted by Crippen LogP contribution is -2.43. The van der Waals surface area contributed by atoms with Crippen LogP contribution in [0, 0.1) is 13.8 Å². The van der Waals surface area contributed by atoms with Gasteiger partial charge in [0.05, 0.1) is 36.5 Å². The minimum atomic E-state index is -0.346. The predicted octanol–water partition coefficient (Wildman–Crippen LogP) is 5.45. The number of rotatable bonds is 8. The number of methoxy groups -OCH3 is 2. The monoisotopic (exact) mass is 503 g/mol. The number of nitrogens with zero attached hydrogens (tertiary/aromatic N) is 3. The van der Waals surface area contributed by atoms with Crippen LogP contribution in [0.15, 0.2) is 42.7 Å². The van der Waals surface area contributed by atoms with E-state index in [2.05, 4.69) is 46.2 Å². The molecular weight excluding hydrogens is 469 g/mol. The number of anilines is 1. The van der Waals surface area contributed by atoms with Gasteiger partial charge in [-0.1, -0.05) is 6.07 Å². The topological polar surface area (TPSA) is 75.3 Å². The Bertz CT molecular complexity index is 1370. The van der Waals surface area contributed by atoms with Crippen LogP contribution in [0.3, 0.4) is 0 Å². The largest absolute Gasteiger partial charge is 0.497 e. The molecule has 1 saturated heterocycles. The lowest BCUT2D eigenvalue weighted by Gasteiger charge is -2.36. The van der Waals surface area contributed by atoms with Crippen molar-refractivity contribution in [1.29, 1.82) is 0 Å². The van der Waals surface area contributed by atoms with E-state index in [-0.39, 0.29) is 6.67 Å². The molecule has 0 atom stereocenters. The number of aromatic amines is 1. The summed E-state index contributed by atoms with van der Waals surface area (Å²) < 4.78 is 23.9. The molecule has 5 rings (SSSR count). The summed E-state index contributed by atoms with van der Waals surface area (Å²) in [6.07, 6.45) is 5.66.